The van der Waals surface area contributed by atoms with Crippen LogP contribution in [0, 0.1) is 6.92 Å². The van der Waals surface area contributed by atoms with Gasteiger partial charge >= 0.3 is 0 Å². The number of nitrogens with one attached hydrogen (secondary N) is 1. The molecule has 1 aromatic heterocycles. The number of aromatic amines is 1. The Bertz CT molecular complexity index is 491. The number of H-pyrrole nitrogens is 1. The Morgan fingerprint density at radius 1 is 1.38 bits per heavy atom. The molecule has 0 aliphatic rings. The van der Waals surface area contributed by atoms with Crippen LogP contribution in [0.5, 0.6) is 5.75 Å². The zero-order valence-corrected chi connectivity index (χ0v) is 9.45. The molecule has 4 heteroatoms. The third kappa shape index (κ3) is 2.16. The number of hydrogen-bond acceptors (Lipinski definition) is 3. The molecule has 1 aromatic carbocycles. The smallest absolute Gasteiger partial charge is 0.137 e. The predicted molar refractivity (Wildman–Crippen MR) is 64.3 cm³/mol. The summed E-state index contributed by atoms with van der Waals surface area (Å²) in [7, 11) is 0. The van der Waals surface area contributed by atoms with E-state index in [4.69, 9.17) is 10.5 Å². The summed E-state index contributed by atoms with van der Waals surface area (Å²) >= 11 is 0. The van der Waals surface area contributed by atoms with Gasteiger partial charge in [0, 0.05) is 29.2 Å². The molecule has 0 unspecified atom stereocenters. The van der Waals surface area contributed by atoms with Crippen molar-refractivity contribution in [3.63, 3.8) is 0 Å². The van der Waals surface area contributed by atoms with Crippen molar-refractivity contribution in [2.45, 2.75) is 13.8 Å². The number of anilines is 1. The highest BCUT2D eigenvalue weighted by molar-refractivity contribution is 5.64. The topological polar surface area (TPSA) is 63.9 Å². The summed E-state index contributed by atoms with van der Waals surface area (Å²) in [6.07, 6.45) is 1.79. The minimum absolute atomic E-state index is 0.625. The van der Waals surface area contributed by atoms with Crippen LogP contribution in [0.25, 0.3) is 11.4 Å². The van der Waals surface area contributed by atoms with Crippen LogP contribution in [0.2, 0.25) is 0 Å². The van der Waals surface area contributed by atoms with Gasteiger partial charge in [0.05, 0.1) is 6.61 Å². The lowest BCUT2D eigenvalue weighted by Gasteiger charge is -2.06. The van der Waals surface area contributed by atoms with Crippen molar-refractivity contribution in [3.8, 4) is 17.1 Å². The largest absolute Gasteiger partial charge is 0.494 e. The third-order valence-corrected chi connectivity index (χ3v) is 2.22. The summed E-state index contributed by atoms with van der Waals surface area (Å²) in [5.74, 6) is 1.58. The second-order valence-corrected chi connectivity index (χ2v) is 3.64. The summed E-state index contributed by atoms with van der Waals surface area (Å²) < 4.78 is 5.43. The quantitative estimate of drug-likeness (QED) is 0.776. The maximum absolute atomic E-state index is 5.81. The monoisotopic (exact) mass is 217 g/mol. The molecule has 0 spiro atoms. The van der Waals surface area contributed by atoms with Gasteiger partial charge in [-0.1, -0.05) is 0 Å². The highest BCUT2D eigenvalue weighted by Crippen LogP contribution is 2.25. The Morgan fingerprint density at radius 2 is 2.19 bits per heavy atom. The van der Waals surface area contributed by atoms with Gasteiger partial charge in [-0.2, -0.15) is 0 Å². The summed E-state index contributed by atoms with van der Waals surface area (Å²) in [6.45, 7) is 4.53. The molecule has 4 nitrogen and oxygen atoms in total. The van der Waals surface area contributed by atoms with Crippen molar-refractivity contribution in [1.82, 2.24) is 9.97 Å². The predicted octanol–water partition coefficient (Wildman–Crippen LogP) is 2.37. The van der Waals surface area contributed by atoms with E-state index in [1.807, 2.05) is 32.0 Å². The maximum atomic E-state index is 5.81. The second-order valence-electron chi connectivity index (χ2n) is 3.64. The highest BCUT2D eigenvalue weighted by atomic mass is 16.5. The van der Waals surface area contributed by atoms with E-state index in [-0.39, 0.29) is 0 Å². The van der Waals surface area contributed by atoms with E-state index in [1.54, 1.807) is 6.20 Å². The number of ether oxygens (including phenoxy) is 1. The molecule has 0 amide bonds. The van der Waals surface area contributed by atoms with E-state index >= 15 is 0 Å². The van der Waals surface area contributed by atoms with Gasteiger partial charge in [-0.3, -0.25) is 0 Å². The Morgan fingerprint density at radius 3 is 2.81 bits per heavy atom. The molecule has 0 saturated carbocycles. The van der Waals surface area contributed by atoms with Crippen LogP contribution >= 0.6 is 0 Å². The molecule has 0 atom stereocenters. The molecule has 2 aromatic rings. The normalized spacial score (nSPS) is 10.4. The van der Waals surface area contributed by atoms with Crippen molar-refractivity contribution in [2.24, 2.45) is 0 Å². The van der Waals surface area contributed by atoms with E-state index in [0.29, 0.717) is 12.3 Å². The average Bonchev–Trinajstić information content (AvgIpc) is 2.64. The molecular formula is C12H15N3O. The van der Waals surface area contributed by atoms with Crippen LogP contribution in [-0.2, 0) is 0 Å². The number of aryl methyl sites for hydroxylation is 1. The van der Waals surface area contributed by atoms with Crippen LogP contribution in [0.3, 0.4) is 0 Å². The lowest BCUT2D eigenvalue weighted by atomic mass is 10.2. The van der Waals surface area contributed by atoms with Crippen molar-refractivity contribution in [1.29, 1.82) is 0 Å². The van der Waals surface area contributed by atoms with Gasteiger partial charge in [-0.05, 0) is 26.0 Å². The fourth-order valence-corrected chi connectivity index (χ4v) is 1.57. The Kier molecular flexibility index (Phi) is 2.81. The average molecular weight is 217 g/mol. The van der Waals surface area contributed by atoms with Gasteiger partial charge in [0.15, 0.2) is 0 Å². The summed E-state index contributed by atoms with van der Waals surface area (Å²) in [5, 5.41) is 0. The van der Waals surface area contributed by atoms with E-state index in [0.717, 1.165) is 22.8 Å². The van der Waals surface area contributed by atoms with Crippen molar-refractivity contribution >= 4 is 5.69 Å². The van der Waals surface area contributed by atoms with Gasteiger partial charge in [0.1, 0.15) is 11.6 Å². The number of aromatic nitrogens is 2. The third-order valence-electron chi connectivity index (χ3n) is 2.22. The molecule has 16 heavy (non-hydrogen) atoms. The molecule has 84 valence electrons. The number of imidazole rings is 1. The zero-order valence-electron chi connectivity index (χ0n) is 9.45. The number of nitrogen functional groups attached to an aromatic ring is 1. The van der Waals surface area contributed by atoms with Crippen molar-refractivity contribution in [3.05, 3.63) is 30.1 Å². The van der Waals surface area contributed by atoms with Crippen molar-refractivity contribution in [2.75, 3.05) is 12.3 Å². The molecule has 0 fully saturated rings. The molecule has 0 aliphatic carbocycles. The molecule has 2 rings (SSSR count). The minimum Gasteiger partial charge on any atom is -0.494 e. The van der Waals surface area contributed by atoms with E-state index < -0.39 is 0 Å². The van der Waals surface area contributed by atoms with Crippen LogP contribution in [0.4, 0.5) is 5.69 Å². The standard InChI is InChI=1S/C12H15N3O/c1-3-16-11-5-9(4-10(13)6-11)12-14-7-8(2)15-12/h4-7H,3,13H2,1-2H3,(H,14,15). The summed E-state index contributed by atoms with van der Waals surface area (Å²) in [5.41, 5.74) is 8.45. The summed E-state index contributed by atoms with van der Waals surface area (Å²) in [6, 6.07) is 5.61. The fraction of sp³-hybridized carbons (Fsp3) is 0.250. The van der Waals surface area contributed by atoms with Gasteiger partial charge in [0.2, 0.25) is 0 Å². The first-order valence-electron chi connectivity index (χ1n) is 5.24. The number of nitrogens with two attached hydrogens (primary N) is 1. The Hall–Kier alpha value is -1.97. The molecule has 3 N–H and O–H groups in total. The molecular weight excluding hydrogens is 202 g/mol. The first kappa shape index (κ1) is 10.5. The van der Waals surface area contributed by atoms with Gasteiger partial charge in [0.25, 0.3) is 0 Å². The summed E-state index contributed by atoms with van der Waals surface area (Å²) in [4.78, 5) is 7.43. The number of benzene rings is 1. The SMILES string of the molecule is CCOc1cc(N)cc(-c2ncc(C)[nH]2)c1. The molecule has 0 aliphatic heterocycles. The molecule has 0 radical (unpaired) electrons. The second kappa shape index (κ2) is 4.26. The number of hydrogen-bond donors (Lipinski definition) is 2. The zero-order chi connectivity index (χ0) is 11.5. The van der Waals surface area contributed by atoms with Crippen LogP contribution < -0.4 is 10.5 Å². The van der Waals surface area contributed by atoms with E-state index in [2.05, 4.69) is 9.97 Å². The minimum atomic E-state index is 0.625. The first-order chi connectivity index (χ1) is 7.69. The first-order valence-corrected chi connectivity index (χ1v) is 5.24. The maximum Gasteiger partial charge on any atom is 0.137 e. The number of rotatable bonds is 3. The van der Waals surface area contributed by atoms with E-state index in [9.17, 15) is 0 Å². The van der Waals surface area contributed by atoms with Crippen LogP contribution in [0.1, 0.15) is 12.6 Å². The molecule has 0 saturated heterocycles. The van der Waals surface area contributed by atoms with Gasteiger partial charge in [-0.15, -0.1) is 0 Å². The molecule has 1 heterocycles. The fourth-order valence-electron chi connectivity index (χ4n) is 1.57. The lowest BCUT2D eigenvalue weighted by molar-refractivity contribution is 0.340. The van der Waals surface area contributed by atoms with Crippen molar-refractivity contribution < 1.29 is 4.74 Å². The highest BCUT2D eigenvalue weighted by Gasteiger charge is 2.05. The van der Waals surface area contributed by atoms with E-state index in [1.165, 1.54) is 0 Å². The lowest BCUT2D eigenvalue weighted by Crippen LogP contribution is -1.94. The van der Waals surface area contributed by atoms with Gasteiger partial charge in [-0.25, -0.2) is 4.98 Å². The van der Waals surface area contributed by atoms with Crippen LogP contribution in [0.15, 0.2) is 24.4 Å². The Labute approximate surface area is 94.5 Å². The van der Waals surface area contributed by atoms with Crippen LogP contribution in [-0.4, -0.2) is 16.6 Å². The van der Waals surface area contributed by atoms with Gasteiger partial charge < -0.3 is 15.5 Å². The number of nitrogens with zero attached hydrogens (tertiary/aromatic N) is 1. The Balaban J connectivity index is 2.40. The molecule has 0 bridgehead atoms.